The van der Waals surface area contributed by atoms with Crippen LogP contribution in [0.1, 0.15) is 10.4 Å². The number of carbonyl (C=O) groups excluding carboxylic acids is 1. The van der Waals surface area contributed by atoms with Crippen LogP contribution in [0.5, 0.6) is 0 Å². The molecule has 0 unspecified atom stereocenters. The van der Waals surface area contributed by atoms with Crippen LogP contribution in [-0.4, -0.2) is 19.2 Å². The first-order valence-corrected chi connectivity index (χ1v) is 11.7. The highest BCUT2D eigenvalue weighted by Crippen LogP contribution is 2.26. The van der Waals surface area contributed by atoms with E-state index in [2.05, 4.69) is 10.5 Å². The summed E-state index contributed by atoms with van der Waals surface area (Å²) in [5.41, 5.74) is 3.15. The predicted octanol–water partition coefficient (Wildman–Crippen LogP) is 6.23. The number of hydrogen-bond acceptors (Lipinski definition) is 5. The Morgan fingerprint density at radius 2 is 1.50 bits per heavy atom. The van der Waals surface area contributed by atoms with Gasteiger partial charge >= 0.3 is 0 Å². The summed E-state index contributed by atoms with van der Waals surface area (Å²) in [6.07, 6.45) is 0. The number of benzene rings is 4. The summed E-state index contributed by atoms with van der Waals surface area (Å²) in [4.78, 5) is 13.5. The number of ketones is 1. The molecule has 5 nitrogen and oxygen atoms in total. The molecule has 4 aromatic carbocycles. The van der Waals surface area contributed by atoms with Crippen LogP contribution < -0.4 is 5.43 Å². The van der Waals surface area contributed by atoms with Crippen LogP contribution in [-0.2, 0) is 9.84 Å². The van der Waals surface area contributed by atoms with E-state index < -0.39 is 20.7 Å². The summed E-state index contributed by atoms with van der Waals surface area (Å²) in [5.74, 6) is -0.733. The Hall–Kier alpha value is -3.19. The number of fused-ring (bicyclic) bond motifs is 1. The molecular weight excluding hydrogens is 467 g/mol. The summed E-state index contributed by atoms with van der Waals surface area (Å²) in [6, 6.07) is 24.6. The molecule has 0 radical (unpaired) electrons. The maximum atomic E-state index is 13.5. The fraction of sp³-hybridized carbons (Fsp3) is 0. The molecule has 0 atom stereocenters. The van der Waals surface area contributed by atoms with Crippen molar-refractivity contribution in [3.8, 4) is 0 Å². The van der Waals surface area contributed by atoms with Crippen molar-refractivity contribution in [2.75, 3.05) is 5.43 Å². The van der Waals surface area contributed by atoms with E-state index in [1.165, 1.54) is 18.2 Å². The zero-order valence-electron chi connectivity index (χ0n) is 16.5. The van der Waals surface area contributed by atoms with Gasteiger partial charge in [0.15, 0.2) is 0 Å². The summed E-state index contributed by atoms with van der Waals surface area (Å²) in [7, 11) is -4.24. The number of nitrogens with zero attached hydrogens (tertiary/aromatic N) is 1. The largest absolute Gasteiger partial charge is 0.286 e. The summed E-state index contributed by atoms with van der Waals surface area (Å²) >= 11 is 12.1. The lowest BCUT2D eigenvalue weighted by atomic mass is 10.0. The third-order valence-electron chi connectivity index (χ3n) is 4.75. The number of rotatable bonds is 5. The van der Waals surface area contributed by atoms with Crippen molar-refractivity contribution in [3.63, 3.8) is 0 Å². The van der Waals surface area contributed by atoms with E-state index in [1.54, 1.807) is 54.6 Å². The van der Waals surface area contributed by atoms with Gasteiger partial charge in [-0.1, -0.05) is 83.9 Å². The Morgan fingerprint density at radius 1 is 0.812 bits per heavy atom. The van der Waals surface area contributed by atoms with Gasteiger partial charge in [-0.3, -0.25) is 10.2 Å². The lowest BCUT2D eigenvalue weighted by Crippen LogP contribution is -2.26. The molecule has 0 aliphatic rings. The minimum absolute atomic E-state index is 0.0451. The fourth-order valence-corrected chi connectivity index (χ4v) is 4.88. The fourth-order valence-electron chi connectivity index (χ4n) is 3.17. The Bertz CT molecular complexity index is 1450. The highest BCUT2D eigenvalue weighted by molar-refractivity contribution is 8.08. The maximum absolute atomic E-state index is 13.5. The second-order valence-corrected chi connectivity index (χ2v) is 9.53. The van der Waals surface area contributed by atoms with Gasteiger partial charge in [-0.05, 0) is 41.1 Å². The first-order chi connectivity index (χ1) is 15.4. The van der Waals surface area contributed by atoms with Crippen LogP contribution in [0.15, 0.2) is 101 Å². The van der Waals surface area contributed by atoms with E-state index in [-0.39, 0.29) is 15.5 Å². The highest BCUT2D eigenvalue weighted by Gasteiger charge is 2.31. The standard InChI is InChI=1S/C24H16Cl2N2O3S/c25-17-13-14-22(21(26)15-17)27-28-24(32(30,31)18-9-2-1-3-10-18)23(29)20-12-6-8-16-7-4-5-11-19(16)20/h1-15,27H. The van der Waals surface area contributed by atoms with E-state index in [4.69, 9.17) is 23.2 Å². The van der Waals surface area contributed by atoms with Crippen molar-refractivity contribution in [2.24, 2.45) is 5.10 Å². The molecule has 0 bridgehead atoms. The van der Waals surface area contributed by atoms with E-state index in [0.29, 0.717) is 16.1 Å². The lowest BCUT2D eigenvalue weighted by molar-refractivity contribution is 0.107. The number of hydrogen-bond donors (Lipinski definition) is 1. The van der Waals surface area contributed by atoms with Crippen molar-refractivity contribution in [2.45, 2.75) is 4.90 Å². The molecule has 0 spiro atoms. The van der Waals surface area contributed by atoms with Crippen molar-refractivity contribution >= 4 is 60.3 Å². The van der Waals surface area contributed by atoms with Crippen molar-refractivity contribution in [1.29, 1.82) is 0 Å². The quantitative estimate of drug-likeness (QED) is 0.158. The minimum Gasteiger partial charge on any atom is -0.286 e. The first-order valence-electron chi connectivity index (χ1n) is 9.49. The highest BCUT2D eigenvalue weighted by atomic mass is 35.5. The molecule has 4 rings (SSSR count). The van der Waals surface area contributed by atoms with E-state index >= 15 is 0 Å². The topological polar surface area (TPSA) is 75.6 Å². The first kappa shape index (κ1) is 22.0. The number of sulfone groups is 1. The normalized spacial score (nSPS) is 12.0. The minimum atomic E-state index is -4.24. The van der Waals surface area contributed by atoms with Crippen LogP contribution in [0.2, 0.25) is 10.0 Å². The van der Waals surface area contributed by atoms with Crippen molar-refractivity contribution in [1.82, 2.24) is 0 Å². The number of anilines is 1. The molecule has 0 amide bonds. The number of nitrogens with one attached hydrogen (secondary N) is 1. The molecule has 1 N–H and O–H groups in total. The molecule has 0 saturated heterocycles. The Balaban J connectivity index is 1.86. The second kappa shape index (κ2) is 9.12. The van der Waals surface area contributed by atoms with Crippen LogP contribution in [0, 0.1) is 0 Å². The Kier molecular flexibility index (Phi) is 6.28. The molecule has 4 aromatic rings. The van der Waals surface area contributed by atoms with E-state index in [0.717, 1.165) is 5.39 Å². The predicted molar refractivity (Wildman–Crippen MR) is 129 cm³/mol. The van der Waals surface area contributed by atoms with Crippen LogP contribution >= 0.6 is 23.2 Å². The van der Waals surface area contributed by atoms with Gasteiger partial charge in [0.2, 0.25) is 20.7 Å². The van der Waals surface area contributed by atoms with Gasteiger partial charge in [0.25, 0.3) is 0 Å². The second-order valence-electron chi connectivity index (χ2n) is 6.83. The molecule has 0 aliphatic carbocycles. The van der Waals surface area contributed by atoms with E-state index in [1.807, 2.05) is 18.2 Å². The molecule has 32 heavy (non-hydrogen) atoms. The average molecular weight is 483 g/mol. The summed E-state index contributed by atoms with van der Waals surface area (Å²) < 4.78 is 26.8. The van der Waals surface area contributed by atoms with Gasteiger partial charge in [-0.2, -0.15) is 5.10 Å². The van der Waals surface area contributed by atoms with Crippen LogP contribution in [0.4, 0.5) is 5.69 Å². The zero-order valence-corrected chi connectivity index (χ0v) is 18.8. The van der Waals surface area contributed by atoms with E-state index in [9.17, 15) is 13.2 Å². The summed E-state index contributed by atoms with van der Waals surface area (Å²) in [5, 5.41) is 5.45. The van der Waals surface area contributed by atoms with Crippen LogP contribution in [0.3, 0.4) is 0 Å². The van der Waals surface area contributed by atoms with Crippen molar-refractivity contribution < 1.29 is 13.2 Å². The molecule has 0 aromatic heterocycles. The van der Waals surface area contributed by atoms with Gasteiger partial charge in [0.05, 0.1) is 15.6 Å². The number of halogens is 2. The molecule has 0 aliphatic heterocycles. The smallest absolute Gasteiger partial charge is 0.229 e. The Morgan fingerprint density at radius 3 is 2.25 bits per heavy atom. The number of Topliss-reactive ketones (excluding diaryl/α,β-unsaturated/α-hetero) is 1. The van der Waals surface area contributed by atoms with Gasteiger partial charge in [0, 0.05) is 10.6 Å². The van der Waals surface area contributed by atoms with Crippen LogP contribution in [0.25, 0.3) is 10.8 Å². The molecule has 0 fully saturated rings. The zero-order chi connectivity index (χ0) is 22.7. The molecule has 0 heterocycles. The average Bonchev–Trinajstić information content (AvgIpc) is 2.80. The number of carbonyl (C=O) groups is 1. The molecule has 8 heteroatoms. The maximum Gasteiger partial charge on any atom is 0.229 e. The third-order valence-corrected chi connectivity index (χ3v) is 6.97. The SMILES string of the molecule is O=C(C(=NNc1ccc(Cl)cc1Cl)S(=O)(=O)c1ccccc1)c1cccc2ccccc12. The molecular formula is C24H16Cl2N2O3S. The third kappa shape index (κ3) is 4.39. The van der Waals surface area contributed by atoms with Gasteiger partial charge in [-0.15, -0.1) is 0 Å². The Labute approximate surface area is 195 Å². The van der Waals surface area contributed by atoms with Crippen molar-refractivity contribution in [3.05, 3.63) is 107 Å². The molecule has 0 saturated carbocycles. The van der Waals surface area contributed by atoms with Gasteiger partial charge < -0.3 is 0 Å². The van der Waals surface area contributed by atoms with Gasteiger partial charge in [-0.25, -0.2) is 8.42 Å². The monoisotopic (exact) mass is 482 g/mol. The van der Waals surface area contributed by atoms with Gasteiger partial charge in [0.1, 0.15) is 0 Å². The molecule has 160 valence electrons. The lowest BCUT2D eigenvalue weighted by Gasteiger charge is -2.11. The summed E-state index contributed by atoms with van der Waals surface area (Å²) in [6.45, 7) is 0. The number of hydrazone groups is 1.